The lowest BCUT2D eigenvalue weighted by molar-refractivity contribution is -0.384. The van der Waals surface area contributed by atoms with E-state index in [0.717, 1.165) is 24.2 Å². The number of nitrogens with one attached hydrogen (secondary N) is 1. The first-order valence-corrected chi connectivity index (χ1v) is 14.5. The maximum absolute atomic E-state index is 13.9. The van der Waals surface area contributed by atoms with Gasteiger partial charge in [0.25, 0.3) is 11.6 Å². The van der Waals surface area contributed by atoms with Crippen molar-refractivity contribution >= 4 is 28.9 Å². The first-order chi connectivity index (χ1) is 19.9. The number of nitro benzene ring substituents is 1. The fourth-order valence-corrected chi connectivity index (χ4v) is 5.64. The van der Waals surface area contributed by atoms with E-state index < -0.39 is 34.9 Å². The van der Waals surface area contributed by atoms with E-state index in [0.29, 0.717) is 23.5 Å². The van der Waals surface area contributed by atoms with Crippen LogP contribution in [0.25, 0.3) is 0 Å². The lowest BCUT2D eigenvalue weighted by atomic mass is 9.91. The second-order valence-corrected chi connectivity index (χ2v) is 10.7. The molecule has 0 bridgehead atoms. The molecule has 220 valence electrons. The van der Waals surface area contributed by atoms with Crippen molar-refractivity contribution in [1.82, 2.24) is 5.01 Å². The van der Waals surface area contributed by atoms with Crippen molar-refractivity contribution < 1.29 is 24.4 Å². The lowest BCUT2D eigenvalue weighted by Gasteiger charge is -2.40. The number of nitrogens with zero attached hydrogens (tertiary/aromatic N) is 3. The first kappa shape index (κ1) is 30.2. The SMILES string of the molecule is CCCCCCCCCC[C@H](O)C1C=CC2C(=O)N(c3ccccc3OC)C(=O)[C@H]2N1Nc1ccc([N+](=O)[O-])cc1. The molecule has 10 nitrogen and oxygen atoms in total. The molecule has 4 atom stereocenters. The summed E-state index contributed by atoms with van der Waals surface area (Å²) in [6, 6.07) is 11.2. The molecule has 2 N–H and O–H groups in total. The van der Waals surface area contributed by atoms with E-state index in [1.807, 2.05) is 0 Å². The van der Waals surface area contributed by atoms with Crippen LogP contribution in [0.5, 0.6) is 5.75 Å². The van der Waals surface area contributed by atoms with Crippen LogP contribution < -0.4 is 15.1 Å². The second-order valence-electron chi connectivity index (χ2n) is 10.7. The van der Waals surface area contributed by atoms with Gasteiger partial charge < -0.3 is 15.3 Å². The Morgan fingerprint density at radius 1 is 0.951 bits per heavy atom. The number of amides is 2. The molecule has 4 rings (SSSR count). The fraction of sp³-hybridized carbons (Fsp3) is 0.484. The smallest absolute Gasteiger partial charge is 0.269 e. The molecule has 2 aromatic rings. The van der Waals surface area contributed by atoms with E-state index in [2.05, 4.69) is 12.3 Å². The van der Waals surface area contributed by atoms with Crippen LogP contribution in [0.2, 0.25) is 0 Å². The van der Waals surface area contributed by atoms with Crippen molar-refractivity contribution in [3.8, 4) is 5.75 Å². The molecule has 2 heterocycles. The van der Waals surface area contributed by atoms with Gasteiger partial charge in [0.2, 0.25) is 5.91 Å². The van der Waals surface area contributed by atoms with Gasteiger partial charge in [-0.1, -0.05) is 82.6 Å². The highest BCUT2D eigenvalue weighted by molar-refractivity contribution is 6.25. The number of carbonyl (C=O) groups is 2. The number of nitro groups is 1. The second kappa shape index (κ2) is 14.2. The van der Waals surface area contributed by atoms with Crippen molar-refractivity contribution in [2.24, 2.45) is 5.92 Å². The highest BCUT2D eigenvalue weighted by Gasteiger charge is 2.54. The van der Waals surface area contributed by atoms with Crippen molar-refractivity contribution in [1.29, 1.82) is 0 Å². The Bertz CT molecular complexity index is 1230. The number of carbonyl (C=O) groups excluding carboxylic acids is 2. The molecule has 0 spiro atoms. The number of non-ortho nitro benzene ring substituents is 1. The van der Waals surface area contributed by atoms with Gasteiger partial charge in [0.1, 0.15) is 11.8 Å². The largest absolute Gasteiger partial charge is 0.495 e. The van der Waals surface area contributed by atoms with Gasteiger partial charge in [0, 0.05) is 17.8 Å². The van der Waals surface area contributed by atoms with Crippen molar-refractivity contribution in [3.05, 3.63) is 70.8 Å². The number of imide groups is 1. The average Bonchev–Trinajstić information content (AvgIpc) is 3.24. The molecule has 2 aliphatic heterocycles. The molecule has 1 saturated heterocycles. The number of unbranched alkanes of at least 4 members (excludes halogenated alkanes) is 7. The Balaban J connectivity index is 1.54. The topological polar surface area (TPSA) is 125 Å². The quantitative estimate of drug-likeness (QED) is 0.0939. The van der Waals surface area contributed by atoms with Crippen LogP contribution in [-0.2, 0) is 9.59 Å². The molecule has 0 aliphatic carbocycles. The van der Waals surface area contributed by atoms with Crippen molar-refractivity contribution in [2.45, 2.75) is 82.9 Å². The van der Waals surface area contributed by atoms with E-state index in [1.54, 1.807) is 53.6 Å². The summed E-state index contributed by atoms with van der Waals surface area (Å²) < 4.78 is 5.42. The van der Waals surface area contributed by atoms with Crippen LogP contribution in [-0.4, -0.2) is 52.2 Å². The number of aliphatic hydroxyl groups excluding tert-OH is 1. The molecule has 2 amide bonds. The molecule has 0 aromatic heterocycles. The van der Waals surface area contributed by atoms with Gasteiger partial charge >= 0.3 is 0 Å². The van der Waals surface area contributed by atoms with Gasteiger partial charge in [-0.05, 0) is 30.7 Å². The zero-order valence-corrected chi connectivity index (χ0v) is 23.8. The lowest BCUT2D eigenvalue weighted by Crippen LogP contribution is -2.57. The number of benzene rings is 2. The number of para-hydroxylation sites is 2. The minimum atomic E-state index is -0.925. The molecule has 1 fully saturated rings. The van der Waals surface area contributed by atoms with E-state index in [-0.39, 0.29) is 11.6 Å². The highest BCUT2D eigenvalue weighted by Crippen LogP contribution is 2.39. The summed E-state index contributed by atoms with van der Waals surface area (Å²) in [5, 5.41) is 24.1. The predicted octanol–water partition coefficient (Wildman–Crippen LogP) is 5.62. The number of ether oxygens (including phenoxy) is 1. The highest BCUT2D eigenvalue weighted by atomic mass is 16.6. The average molecular weight is 565 g/mol. The van der Waals surface area contributed by atoms with Crippen LogP contribution in [0.15, 0.2) is 60.7 Å². The Kier molecular flexibility index (Phi) is 10.5. The Hall–Kier alpha value is -3.76. The van der Waals surface area contributed by atoms with Crippen LogP contribution in [0.1, 0.15) is 64.7 Å². The number of rotatable bonds is 15. The maximum atomic E-state index is 13.9. The van der Waals surface area contributed by atoms with Crippen molar-refractivity contribution in [2.75, 3.05) is 17.4 Å². The van der Waals surface area contributed by atoms with Gasteiger partial charge in [-0.3, -0.25) is 19.7 Å². The third-order valence-corrected chi connectivity index (χ3v) is 7.87. The molecule has 41 heavy (non-hydrogen) atoms. The summed E-state index contributed by atoms with van der Waals surface area (Å²) in [7, 11) is 1.48. The number of fused-ring (bicyclic) bond motifs is 1. The zero-order chi connectivity index (χ0) is 29.4. The monoisotopic (exact) mass is 564 g/mol. The molecule has 0 radical (unpaired) electrons. The predicted molar refractivity (Wildman–Crippen MR) is 157 cm³/mol. The Morgan fingerprint density at radius 3 is 2.27 bits per heavy atom. The normalized spacial score (nSPS) is 21.1. The van der Waals surface area contributed by atoms with E-state index in [4.69, 9.17) is 4.74 Å². The molecular formula is C31H40N4O6. The molecule has 2 aliphatic rings. The third kappa shape index (κ3) is 6.94. The fourth-order valence-electron chi connectivity index (χ4n) is 5.64. The van der Waals surface area contributed by atoms with Crippen LogP contribution in [0.4, 0.5) is 17.1 Å². The van der Waals surface area contributed by atoms with E-state index in [9.17, 15) is 24.8 Å². The van der Waals surface area contributed by atoms with Crippen LogP contribution >= 0.6 is 0 Å². The number of hydrogen-bond donors (Lipinski definition) is 2. The maximum Gasteiger partial charge on any atom is 0.269 e. The molecule has 10 heteroatoms. The van der Waals surface area contributed by atoms with Crippen LogP contribution in [0.3, 0.4) is 0 Å². The molecular weight excluding hydrogens is 524 g/mol. The number of aliphatic hydroxyl groups is 1. The number of hydrazine groups is 1. The summed E-state index contributed by atoms with van der Waals surface area (Å²) in [6.45, 7) is 2.20. The Labute approximate surface area is 241 Å². The van der Waals surface area contributed by atoms with Gasteiger partial charge in [0.05, 0.1) is 35.8 Å². The number of hydrogen-bond acceptors (Lipinski definition) is 8. The number of anilines is 2. The van der Waals surface area contributed by atoms with E-state index in [1.165, 1.54) is 51.3 Å². The summed E-state index contributed by atoms with van der Waals surface area (Å²) in [6.07, 6.45) is 12.4. The molecule has 2 unspecified atom stereocenters. The Morgan fingerprint density at radius 2 is 1.61 bits per heavy atom. The van der Waals surface area contributed by atoms with Gasteiger partial charge in [0.15, 0.2) is 0 Å². The zero-order valence-electron chi connectivity index (χ0n) is 23.8. The standard InChI is InChI=1S/C31H40N4O6/c1-3-4-5-6-7-8-9-10-14-27(36)25-21-20-24-29(34(25)32-22-16-18-23(19-17-22)35(39)40)31(38)33(30(24)37)26-13-11-12-15-28(26)41-2/h11-13,15-21,24-25,27,29,32,36H,3-10,14H2,1-2H3/t24?,25?,27-,29-/m0/s1. The van der Waals surface area contributed by atoms with E-state index >= 15 is 0 Å². The number of methoxy groups -OCH3 is 1. The van der Waals surface area contributed by atoms with Gasteiger partial charge in [-0.15, -0.1) is 0 Å². The summed E-state index contributed by atoms with van der Waals surface area (Å²) in [5.41, 5.74) is 4.00. The van der Waals surface area contributed by atoms with Gasteiger partial charge in [-0.25, -0.2) is 9.91 Å². The summed E-state index contributed by atoms with van der Waals surface area (Å²) in [4.78, 5) is 39.3. The third-order valence-electron chi connectivity index (χ3n) is 7.87. The first-order valence-electron chi connectivity index (χ1n) is 14.5. The summed E-state index contributed by atoms with van der Waals surface area (Å²) >= 11 is 0. The molecule has 0 saturated carbocycles. The summed E-state index contributed by atoms with van der Waals surface area (Å²) in [5.74, 6) is -1.19. The minimum Gasteiger partial charge on any atom is -0.495 e. The molecule has 2 aromatic carbocycles. The van der Waals surface area contributed by atoms with Crippen molar-refractivity contribution in [3.63, 3.8) is 0 Å². The van der Waals surface area contributed by atoms with Crippen LogP contribution in [0, 0.1) is 16.0 Å². The van der Waals surface area contributed by atoms with Gasteiger partial charge in [-0.2, -0.15) is 0 Å². The minimum absolute atomic E-state index is 0.0623.